The van der Waals surface area contributed by atoms with Crippen molar-refractivity contribution in [2.24, 2.45) is 0 Å². The first kappa shape index (κ1) is 18.8. The predicted molar refractivity (Wildman–Crippen MR) is 117 cm³/mol. The van der Waals surface area contributed by atoms with E-state index in [1.54, 1.807) is 29.3 Å². The lowest BCUT2D eigenvalue weighted by Gasteiger charge is -2.19. The minimum Gasteiger partial charge on any atom is -0.454 e. The summed E-state index contributed by atoms with van der Waals surface area (Å²) in [5.74, 6) is 1.00. The van der Waals surface area contributed by atoms with E-state index in [4.69, 9.17) is 26.1 Å². The third kappa shape index (κ3) is 3.36. The number of nitrogens with zero attached hydrogens (tertiary/aromatic N) is 3. The molecule has 3 heterocycles. The van der Waals surface area contributed by atoms with E-state index in [1.165, 1.54) is 11.3 Å². The van der Waals surface area contributed by atoms with Crippen molar-refractivity contribution in [1.82, 2.24) is 9.97 Å². The SMILES string of the molecule is Cc1c(Cl)ccc2sc(N(Cc3ccccn3)C(=O)c3ccc4c(c3)OCO4)nc12. The van der Waals surface area contributed by atoms with E-state index in [0.717, 1.165) is 21.5 Å². The van der Waals surface area contributed by atoms with Crippen molar-refractivity contribution in [3.05, 3.63) is 76.6 Å². The standard InChI is InChI=1S/C22H16ClN3O3S/c1-13-16(23)6-8-19-20(13)25-22(30-19)26(11-15-4-2-3-9-24-15)21(27)14-5-7-17-18(10-14)29-12-28-17/h2-10H,11-12H2,1H3. The number of halogens is 1. The topological polar surface area (TPSA) is 64.6 Å². The van der Waals surface area contributed by atoms with Crippen LogP contribution < -0.4 is 14.4 Å². The Labute approximate surface area is 181 Å². The number of aryl methyl sites for hydroxylation is 1. The van der Waals surface area contributed by atoms with Crippen molar-refractivity contribution in [2.45, 2.75) is 13.5 Å². The van der Waals surface area contributed by atoms with Crippen molar-refractivity contribution in [1.29, 1.82) is 0 Å². The number of rotatable bonds is 4. The van der Waals surface area contributed by atoms with Gasteiger partial charge in [-0.3, -0.25) is 14.7 Å². The van der Waals surface area contributed by atoms with E-state index >= 15 is 0 Å². The summed E-state index contributed by atoms with van der Waals surface area (Å²) in [6, 6.07) is 14.6. The van der Waals surface area contributed by atoms with E-state index in [2.05, 4.69) is 4.98 Å². The second-order valence-corrected chi connectivity index (χ2v) is 8.21. The summed E-state index contributed by atoms with van der Waals surface area (Å²) in [5, 5.41) is 1.24. The number of carbonyl (C=O) groups excluding carboxylic acids is 1. The molecule has 1 aliphatic heterocycles. The molecule has 0 saturated heterocycles. The minimum absolute atomic E-state index is 0.155. The molecule has 30 heavy (non-hydrogen) atoms. The number of benzene rings is 2. The zero-order chi connectivity index (χ0) is 20.7. The van der Waals surface area contributed by atoms with Gasteiger partial charge in [0.05, 0.1) is 22.5 Å². The van der Waals surface area contributed by atoms with Crippen LogP contribution in [-0.2, 0) is 6.54 Å². The molecule has 5 rings (SSSR count). The highest BCUT2D eigenvalue weighted by atomic mass is 35.5. The van der Waals surface area contributed by atoms with Gasteiger partial charge in [0.25, 0.3) is 5.91 Å². The number of pyridine rings is 1. The van der Waals surface area contributed by atoms with Gasteiger partial charge < -0.3 is 9.47 Å². The molecule has 0 bridgehead atoms. The Hall–Kier alpha value is -3.16. The number of amides is 1. The molecule has 2 aromatic carbocycles. The summed E-state index contributed by atoms with van der Waals surface area (Å²) in [7, 11) is 0. The van der Waals surface area contributed by atoms with E-state index in [1.807, 2.05) is 37.3 Å². The number of anilines is 1. The maximum Gasteiger partial charge on any atom is 0.260 e. The molecule has 0 fully saturated rings. The molecule has 0 radical (unpaired) electrons. The summed E-state index contributed by atoms with van der Waals surface area (Å²) < 4.78 is 11.8. The molecule has 4 aromatic rings. The van der Waals surface area contributed by atoms with Gasteiger partial charge in [-0.15, -0.1) is 0 Å². The lowest BCUT2D eigenvalue weighted by Crippen LogP contribution is -2.30. The number of hydrogen-bond acceptors (Lipinski definition) is 6. The van der Waals surface area contributed by atoms with Crippen LogP contribution in [0.3, 0.4) is 0 Å². The Morgan fingerprint density at radius 2 is 2.03 bits per heavy atom. The summed E-state index contributed by atoms with van der Waals surface area (Å²) in [5.41, 5.74) is 2.95. The maximum atomic E-state index is 13.5. The summed E-state index contributed by atoms with van der Waals surface area (Å²) in [4.78, 5) is 24.3. The Bertz CT molecular complexity index is 1260. The van der Waals surface area contributed by atoms with Gasteiger partial charge in [-0.05, 0) is 55.0 Å². The Morgan fingerprint density at radius 1 is 1.17 bits per heavy atom. The molecule has 0 spiro atoms. The van der Waals surface area contributed by atoms with Crippen LogP contribution in [0.4, 0.5) is 5.13 Å². The third-order valence-corrected chi connectivity index (χ3v) is 6.33. The van der Waals surface area contributed by atoms with E-state index in [0.29, 0.717) is 33.8 Å². The van der Waals surface area contributed by atoms with E-state index < -0.39 is 0 Å². The van der Waals surface area contributed by atoms with Crippen LogP contribution in [0.1, 0.15) is 21.6 Å². The Kier molecular flexibility index (Phi) is 4.77. The van der Waals surface area contributed by atoms with Gasteiger partial charge in [0.15, 0.2) is 16.6 Å². The van der Waals surface area contributed by atoms with E-state index in [9.17, 15) is 4.79 Å². The van der Waals surface area contributed by atoms with Crippen molar-refractivity contribution in [2.75, 3.05) is 11.7 Å². The molecule has 0 saturated carbocycles. The lowest BCUT2D eigenvalue weighted by molar-refractivity contribution is 0.0984. The van der Waals surface area contributed by atoms with Gasteiger partial charge in [0.2, 0.25) is 6.79 Å². The lowest BCUT2D eigenvalue weighted by atomic mass is 10.1. The second-order valence-electron chi connectivity index (χ2n) is 6.80. The number of hydrogen-bond donors (Lipinski definition) is 0. The van der Waals surface area contributed by atoms with Gasteiger partial charge in [0.1, 0.15) is 0 Å². The van der Waals surface area contributed by atoms with Crippen molar-refractivity contribution < 1.29 is 14.3 Å². The first-order valence-electron chi connectivity index (χ1n) is 9.27. The summed E-state index contributed by atoms with van der Waals surface area (Å²) >= 11 is 7.71. The van der Waals surface area contributed by atoms with Gasteiger partial charge >= 0.3 is 0 Å². The highest BCUT2D eigenvalue weighted by Crippen LogP contribution is 2.36. The highest BCUT2D eigenvalue weighted by molar-refractivity contribution is 7.22. The number of ether oxygens (including phenoxy) is 2. The van der Waals surface area contributed by atoms with E-state index in [-0.39, 0.29) is 12.7 Å². The molecule has 8 heteroatoms. The smallest absolute Gasteiger partial charge is 0.260 e. The fourth-order valence-corrected chi connectivity index (χ4v) is 4.44. The van der Waals surface area contributed by atoms with Crippen molar-refractivity contribution in [3.63, 3.8) is 0 Å². The van der Waals surface area contributed by atoms with Gasteiger partial charge in [0, 0.05) is 16.8 Å². The molecule has 150 valence electrons. The fraction of sp³-hybridized carbons (Fsp3) is 0.136. The van der Waals surface area contributed by atoms with Gasteiger partial charge in [-0.2, -0.15) is 0 Å². The highest BCUT2D eigenvalue weighted by Gasteiger charge is 2.25. The summed E-state index contributed by atoms with van der Waals surface area (Å²) in [6.45, 7) is 2.38. The monoisotopic (exact) mass is 437 g/mol. The molecule has 0 N–H and O–H groups in total. The zero-order valence-electron chi connectivity index (χ0n) is 16.0. The number of aromatic nitrogens is 2. The van der Waals surface area contributed by atoms with Crippen LogP contribution in [0.5, 0.6) is 11.5 Å². The van der Waals surface area contributed by atoms with Gasteiger partial charge in [-0.1, -0.05) is 29.0 Å². The van der Waals surface area contributed by atoms with Crippen molar-refractivity contribution in [3.8, 4) is 11.5 Å². The first-order valence-corrected chi connectivity index (χ1v) is 10.5. The molecule has 1 aliphatic rings. The first-order chi connectivity index (χ1) is 14.6. The summed E-state index contributed by atoms with van der Waals surface area (Å²) in [6.07, 6.45) is 1.71. The number of carbonyl (C=O) groups is 1. The quantitative estimate of drug-likeness (QED) is 0.437. The Morgan fingerprint density at radius 3 is 2.87 bits per heavy atom. The van der Waals surface area contributed by atoms with Gasteiger partial charge in [-0.25, -0.2) is 4.98 Å². The van der Waals surface area contributed by atoms with Crippen LogP contribution in [0.15, 0.2) is 54.7 Å². The molecular formula is C22H16ClN3O3S. The largest absolute Gasteiger partial charge is 0.454 e. The van der Waals surface area contributed by atoms with Crippen LogP contribution in [0.25, 0.3) is 10.2 Å². The van der Waals surface area contributed by atoms with Crippen LogP contribution >= 0.6 is 22.9 Å². The fourth-order valence-electron chi connectivity index (χ4n) is 3.27. The zero-order valence-corrected chi connectivity index (χ0v) is 17.5. The molecule has 0 unspecified atom stereocenters. The third-order valence-electron chi connectivity index (χ3n) is 4.88. The van der Waals surface area contributed by atoms with Crippen LogP contribution in [-0.4, -0.2) is 22.7 Å². The van der Waals surface area contributed by atoms with Crippen LogP contribution in [0, 0.1) is 6.92 Å². The predicted octanol–water partition coefficient (Wildman–Crippen LogP) is 5.23. The number of thiazole rings is 1. The van der Waals surface area contributed by atoms with Crippen molar-refractivity contribution >= 4 is 44.2 Å². The molecule has 2 aromatic heterocycles. The average molecular weight is 438 g/mol. The molecule has 1 amide bonds. The average Bonchev–Trinajstić information content (AvgIpc) is 3.41. The van der Waals surface area contributed by atoms with Crippen LogP contribution in [0.2, 0.25) is 5.02 Å². The maximum absolute atomic E-state index is 13.5. The molecule has 0 atom stereocenters. The normalized spacial score (nSPS) is 12.3. The second kappa shape index (κ2) is 7.59. The number of fused-ring (bicyclic) bond motifs is 2. The molecular weight excluding hydrogens is 422 g/mol. The molecule has 6 nitrogen and oxygen atoms in total. The Balaban J connectivity index is 1.58. The minimum atomic E-state index is -0.193. The molecule has 0 aliphatic carbocycles.